The molecule has 0 amide bonds. The van der Waals surface area contributed by atoms with Crippen molar-refractivity contribution in [3.05, 3.63) is 34.3 Å². The van der Waals surface area contributed by atoms with E-state index in [1.807, 2.05) is 18.2 Å². The Bertz CT molecular complexity index is 374. The number of aliphatic hydroxyl groups excluding tert-OH is 1. The maximum atomic E-state index is 10.8. The lowest BCUT2D eigenvalue weighted by atomic mass is 9.79. The molecule has 0 bridgehead atoms. The number of aliphatic hydroxyl groups is 1. The molecular formula is C11H13BrO3. The average molecular weight is 273 g/mol. The zero-order chi connectivity index (χ0) is 11.6. The number of hydrogen-bond acceptors (Lipinski definition) is 2. The standard InChI is InChI=1S/C11H13BrO3/c1-11(2,9(13)10(14)15)7-5-3-4-6-8(7)12/h3-6,9,13H,1-2H3,(H,14,15). The minimum absolute atomic E-state index is 0.778. The third-order valence-corrected chi connectivity index (χ3v) is 3.18. The van der Waals surface area contributed by atoms with E-state index in [1.165, 1.54) is 0 Å². The molecule has 4 heteroatoms. The summed E-state index contributed by atoms with van der Waals surface area (Å²) < 4.78 is 0.801. The fourth-order valence-corrected chi connectivity index (χ4v) is 2.24. The molecule has 0 aromatic heterocycles. The van der Waals surface area contributed by atoms with Gasteiger partial charge in [-0.05, 0) is 11.6 Å². The predicted molar refractivity (Wildman–Crippen MR) is 60.8 cm³/mol. The Balaban J connectivity index is 3.16. The van der Waals surface area contributed by atoms with Gasteiger partial charge in [-0.3, -0.25) is 0 Å². The van der Waals surface area contributed by atoms with Gasteiger partial charge < -0.3 is 10.2 Å². The van der Waals surface area contributed by atoms with E-state index in [-0.39, 0.29) is 0 Å². The molecular weight excluding hydrogens is 260 g/mol. The van der Waals surface area contributed by atoms with Crippen molar-refractivity contribution in [3.63, 3.8) is 0 Å². The van der Waals surface area contributed by atoms with Crippen molar-refractivity contribution in [2.45, 2.75) is 25.4 Å². The van der Waals surface area contributed by atoms with Crippen LogP contribution in [-0.2, 0) is 10.2 Å². The van der Waals surface area contributed by atoms with Crippen molar-refractivity contribution >= 4 is 21.9 Å². The van der Waals surface area contributed by atoms with Gasteiger partial charge in [0.15, 0.2) is 6.10 Å². The van der Waals surface area contributed by atoms with Gasteiger partial charge in [-0.25, -0.2) is 4.79 Å². The van der Waals surface area contributed by atoms with Crippen LogP contribution in [0.15, 0.2) is 28.7 Å². The lowest BCUT2D eigenvalue weighted by Gasteiger charge is -2.29. The molecule has 0 radical (unpaired) electrons. The third kappa shape index (κ3) is 2.38. The highest BCUT2D eigenvalue weighted by atomic mass is 79.9. The average Bonchev–Trinajstić information content (AvgIpc) is 2.16. The van der Waals surface area contributed by atoms with E-state index in [4.69, 9.17) is 5.11 Å². The van der Waals surface area contributed by atoms with Crippen LogP contribution >= 0.6 is 15.9 Å². The number of carboxylic acids is 1. The first-order chi connectivity index (χ1) is 6.87. The Labute approximate surface area is 96.9 Å². The number of benzene rings is 1. The van der Waals surface area contributed by atoms with E-state index in [2.05, 4.69) is 15.9 Å². The zero-order valence-corrected chi connectivity index (χ0v) is 10.2. The quantitative estimate of drug-likeness (QED) is 0.887. The smallest absolute Gasteiger partial charge is 0.333 e. The second-order valence-electron chi connectivity index (χ2n) is 3.94. The fourth-order valence-electron chi connectivity index (χ4n) is 1.44. The van der Waals surface area contributed by atoms with Gasteiger partial charge in [0, 0.05) is 9.89 Å². The maximum absolute atomic E-state index is 10.8. The predicted octanol–water partition coefficient (Wildman–Crippen LogP) is 2.17. The second kappa shape index (κ2) is 4.33. The molecule has 1 aromatic rings. The van der Waals surface area contributed by atoms with Crippen LogP contribution in [0.1, 0.15) is 19.4 Å². The second-order valence-corrected chi connectivity index (χ2v) is 4.80. The molecule has 0 heterocycles. The summed E-state index contributed by atoms with van der Waals surface area (Å²) in [7, 11) is 0. The maximum Gasteiger partial charge on any atom is 0.333 e. The monoisotopic (exact) mass is 272 g/mol. The number of aliphatic carboxylic acids is 1. The van der Waals surface area contributed by atoms with Crippen molar-refractivity contribution in [2.24, 2.45) is 0 Å². The Hall–Kier alpha value is -0.870. The molecule has 1 rings (SSSR count). The minimum atomic E-state index is -1.42. The van der Waals surface area contributed by atoms with Gasteiger partial charge in [0.25, 0.3) is 0 Å². The Kier molecular flexibility index (Phi) is 3.52. The van der Waals surface area contributed by atoms with Gasteiger partial charge in [0.2, 0.25) is 0 Å². The molecule has 0 aliphatic rings. The van der Waals surface area contributed by atoms with Crippen LogP contribution in [0.2, 0.25) is 0 Å². The Morgan fingerprint density at radius 1 is 1.40 bits per heavy atom. The van der Waals surface area contributed by atoms with Crippen molar-refractivity contribution in [2.75, 3.05) is 0 Å². The van der Waals surface area contributed by atoms with Gasteiger partial charge in [-0.15, -0.1) is 0 Å². The summed E-state index contributed by atoms with van der Waals surface area (Å²) in [5.74, 6) is -1.21. The molecule has 0 spiro atoms. The first-order valence-corrected chi connectivity index (χ1v) is 5.32. The number of carbonyl (C=O) groups is 1. The summed E-state index contributed by atoms with van der Waals surface area (Å²) in [5.41, 5.74) is -0.0498. The van der Waals surface area contributed by atoms with Crippen molar-refractivity contribution in [3.8, 4) is 0 Å². The molecule has 1 unspecified atom stereocenters. The molecule has 0 fully saturated rings. The van der Waals surface area contributed by atoms with Gasteiger partial charge in [0.1, 0.15) is 0 Å². The topological polar surface area (TPSA) is 57.5 Å². The molecule has 0 aliphatic carbocycles. The molecule has 3 nitrogen and oxygen atoms in total. The molecule has 82 valence electrons. The molecule has 1 atom stereocenters. The molecule has 0 aliphatic heterocycles. The summed E-state index contributed by atoms with van der Waals surface area (Å²) in [4.78, 5) is 10.8. The summed E-state index contributed by atoms with van der Waals surface area (Å²) in [6.45, 7) is 3.40. The van der Waals surface area contributed by atoms with Gasteiger partial charge in [-0.1, -0.05) is 48.0 Å². The van der Waals surface area contributed by atoms with Crippen molar-refractivity contribution < 1.29 is 15.0 Å². The zero-order valence-electron chi connectivity index (χ0n) is 8.57. The number of rotatable bonds is 3. The van der Waals surface area contributed by atoms with E-state index in [0.717, 1.165) is 10.0 Å². The van der Waals surface area contributed by atoms with Crippen LogP contribution in [0.25, 0.3) is 0 Å². The normalized spacial score (nSPS) is 13.6. The highest BCUT2D eigenvalue weighted by Gasteiger charge is 2.36. The minimum Gasteiger partial charge on any atom is -0.479 e. The molecule has 0 saturated heterocycles. The molecule has 2 N–H and O–H groups in total. The highest BCUT2D eigenvalue weighted by Crippen LogP contribution is 2.32. The summed E-state index contributed by atoms with van der Waals surface area (Å²) >= 11 is 3.35. The van der Waals surface area contributed by atoms with Crippen LogP contribution in [-0.4, -0.2) is 22.3 Å². The Morgan fingerprint density at radius 2 is 1.93 bits per heavy atom. The van der Waals surface area contributed by atoms with Crippen molar-refractivity contribution in [1.82, 2.24) is 0 Å². The molecule has 1 aromatic carbocycles. The van der Waals surface area contributed by atoms with Crippen LogP contribution < -0.4 is 0 Å². The van der Waals surface area contributed by atoms with E-state index in [0.29, 0.717) is 0 Å². The largest absolute Gasteiger partial charge is 0.479 e. The van der Waals surface area contributed by atoms with Crippen LogP contribution in [0, 0.1) is 0 Å². The summed E-state index contributed by atoms with van der Waals surface area (Å²) in [5, 5.41) is 18.4. The fraction of sp³-hybridized carbons (Fsp3) is 0.364. The third-order valence-electron chi connectivity index (χ3n) is 2.49. The number of hydrogen-bond donors (Lipinski definition) is 2. The van der Waals surface area contributed by atoms with Crippen LogP contribution in [0.3, 0.4) is 0 Å². The SMILES string of the molecule is CC(C)(c1ccccc1Br)C(O)C(=O)O. The van der Waals surface area contributed by atoms with Crippen LogP contribution in [0.4, 0.5) is 0 Å². The first-order valence-electron chi connectivity index (χ1n) is 4.53. The van der Waals surface area contributed by atoms with E-state index >= 15 is 0 Å². The van der Waals surface area contributed by atoms with E-state index in [9.17, 15) is 9.90 Å². The van der Waals surface area contributed by atoms with Gasteiger partial charge >= 0.3 is 5.97 Å². The molecule has 15 heavy (non-hydrogen) atoms. The lowest BCUT2D eigenvalue weighted by molar-refractivity contribution is -0.150. The summed E-state index contributed by atoms with van der Waals surface area (Å²) in [6.07, 6.45) is -1.42. The highest BCUT2D eigenvalue weighted by molar-refractivity contribution is 9.10. The van der Waals surface area contributed by atoms with Crippen molar-refractivity contribution in [1.29, 1.82) is 0 Å². The van der Waals surface area contributed by atoms with Crippen LogP contribution in [0.5, 0.6) is 0 Å². The van der Waals surface area contributed by atoms with E-state index < -0.39 is 17.5 Å². The van der Waals surface area contributed by atoms with E-state index in [1.54, 1.807) is 19.9 Å². The van der Waals surface area contributed by atoms with Gasteiger partial charge in [-0.2, -0.15) is 0 Å². The lowest BCUT2D eigenvalue weighted by Crippen LogP contribution is -2.40. The number of carboxylic acid groups (broad SMARTS) is 1. The number of halogens is 1. The first kappa shape index (κ1) is 12.2. The summed E-state index contributed by atoms with van der Waals surface area (Å²) in [6, 6.07) is 7.29. The van der Waals surface area contributed by atoms with Gasteiger partial charge in [0.05, 0.1) is 0 Å². The molecule has 0 saturated carbocycles. The Morgan fingerprint density at radius 3 is 2.40 bits per heavy atom.